The van der Waals surface area contributed by atoms with Crippen LogP contribution in [0, 0.1) is 0 Å². The van der Waals surface area contributed by atoms with Gasteiger partial charge in [-0.25, -0.2) is 0 Å². The highest BCUT2D eigenvalue weighted by Crippen LogP contribution is 2.24. The van der Waals surface area contributed by atoms with Crippen LogP contribution in [0.5, 0.6) is 0 Å². The van der Waals surface area contributed by atoms with E-state index in [0.717, 1.165) is 0 Å². The molecule has 0 heterocycles. The Labute approximate surface area is 138 Å². The van der Waals surface area contributed by atoms with Gasteiger partial charge in [0.15, 0.2) is 0 Å². The SMILES string of the molecule is COCc1ccccc1C(=O)NC(Cc1ccccc1)C(F)(F)F. The number of benzene rings is 2. The molecule has 2 aromatic rings. The van der Waals surface area contributed by atoms with Gasteiger partial charge in [0.2, 0.25) is 0 Å². The molecule has 2 rings (SSSR count). The van der Waals surface area contributed by atoms with Crippen LogP contribution < -0.4 is 5.32 Å². The molecule has 0 radical (unpaired) electrons. The van der Waals surface area contributed by atoms with Crippen LogP contribution in [0.15, 0.2) is 54.6 Å². The van der Waals surface area contributed by atoms with Gasteiger partial charge in [0.1, 0.15) is 6.04 Å². The number of hydrogen-bond donors (Lipinski definition) is 1. The minimum absolute atomic E-state index is 0.152. The topological polar surface area (TPSA) is 38.3 Å². The summed E-state index contributed by atoms with van der Waals surface area (Å²) in [4.78, 5) is 12.3. The van der Waals surface area contributed by atoms with E-state index in [4.69, 9.17) is 4.74 Å². The summed E-state index contributed by atoms with van der Waals surface area (Å²) >= 11 is 0. The second-order valence-corrected chi connectivity index (χ2v) is 5.35. The number of nitrogens with one attached hydrogen (secondary N) is 1. The van der Waals surface area contributed by atoms with Crippen LogP contribution in [0.2, 0.25) is 0 Å². The van der Waals surface area contributed by atoms with E-state index in [1.807, 2.05) is 0 Å². The van der Waals surface area contributed by atoms with Crippen molar-refractivity contribution in [1.82, 2.24) is 5.32 Å². The average Bonchev–Trinajstić information content (AvgIpc) is 2.55. The highest BCUT2D eigenvalue weighted by atomic mass is 19.4. The summed E-state index contributed by atoms with van der Waals surface area (Å²) in [6.45, 7) is 0.152. The molecule has 1 N–H and O–H groups in total. The third kappa shape index (κ3) is 4.83. The van der Waals surface area contributed by atoms with Crippen LogP contribution in [-0.4, -0.2) is 25.2 Å². The number of amides is 1. The Bertz CT molecular complexity index is 671. The number of carbonyl (C=O) groups excluding carboxylic acids is 1. The molecule has 0 aliphatic carbocycles. The third-order valence-electron chi connectivity index (χ3n) is 3.54. The molecular weight excluding hydrogens is 319 g/mol. The first-order valence-corrected chi connectivity index (χ1v) is 7.40. The lowest BCUT2D eigenvalue weighted by Gasteiger charge is -2.22. The molecule has 1 unspecified atom stereocenters. The lowest BCUT2D eigenvalue weighted by Crippen LogP contribution is -2.47. The molecule has 6 heteroatoms. The fourth-order valence-corrected chi connectivity index (χ4v) is 2.36. The molecule has 0 aliphatic heterocycles. The van der Waals surface area contributed by atoms with Gasteiger partial charge in [-0.05, 0) is 17.2 Å². The molecule has 0 aliphatic rings. The maximum atomic E-state index is 13.3. The number of alkyl halides is 3. The molecule has 24 heavy (non-hydrogen) atoms. The van der Waals surface area contributed by atoms with Crippen LogP contribution in [0.1, 0.15) is 21.5 Å². The molecule has 0 bridgehead atoms. The first-order valence-electron chi connectivity index (χ1n) is 7.40. The predicted octanol–water partition coefficient (Wildman–Crippen LogP) is 3.74. The molecule has 128 valence electrons. The fourth-order valence-electron chi connectivity index (χ4n) is 2.36. The molecule has 1 amide bonds. The Morgan fingerprint density at radius 2 is 1.71 bits per heavy atom. The van der Waals surface area contributed by atoms with Crippen molar-refractivity contribution in [3.05, 3.63) is 71.3 Å². The summed E-state index contributed by atoms with van der Waals surface area (Å²) in [5.41, 5.74) is 1.23. The van der Waals surface area contributed by atoms with Crippen LogP contribution in [0.4, 0.5) is 13.2 Å². The van der Waals surface area contributed by atoms with Gasteiger partial charge in [-0.1, -0.05) is 48.5 Å². The number of rotatable bonds is 6. The Morgan fingerprint density at radius 3 is 2.33 bits per heavy atom. The molecule has 0 spiro atoms. The van der Waals surface area contributed by atoms with Crippen molar-refractivity contribution >= 4 is 5.91 Å². The minimum Gasteiger partial charge on any atom is -0.380 e. The first kappa shape index (κ1) is 18.0. The molecule has 2 aromatic carbocycles. The molecule has 0 fully saturated rings. The maximum absolute atomic E-state index is 13.3. The van der Waals surface area contributed by atoms with Gasteiger partial charge >= 0.3 is 6.18 Å². The maximum Gasteiger partial charge on any atom is 0.408 e. The van der Waals surface area contributed by atoms with Crippen molar-refractivity contribution in [3.8, 4) is 0 Å². The van der Waals surface area contributed by atoms with E-state index in [1.165, 1.54) is 13.2 Å². The van der Waals surface area contributed by atoms with Crippen LogP contribution >= 0.6 is 0 Å². The van der Waals surface area contributed by atoms with Crippen molar-refractivity contribution in [3.63, 3.8) is 0 Å². The van der Waals surface area contributed by atoms with E-state index in [9.17, 15) is 18.0 Å². The van der Waals surface area contributed by atoms with Gasteiger partial charge < -0.3 is 10.1 Å². The normalized spacial score (nSPS) is 12.7. The summed E-state index contributed by atoms with van der Waals surface area (Å²) in [7, 11) is 1.46. The summed E-state index contributed by atoms with van der Waals surface area (Å²) in [5.74, 6) is -0.763. The van der Waals surface area contributed by atoms with Gasteiger partial charge in [-0.2, -0.15) is 13.2 Å². The summed E-state index contributed by atoms with van der Waals surface area (Å²) in [6, 6.07) is 12.8. The van der Waals surface area contributed by atoms with Gasteiger partial charge in [0.25, 0.3) is 5.91 Å². The quantitative estimate of drug-likeness (QED) is 0.872. The van der Waals surface area contributed by atoms with Crippen molar-refractivity contribution in [2.24, 2.45) is 0 Å². The fraction of sp³-hybridized carbons (Fsp3) is 0.278. The van der Waals surface area contributed by atoms with Gasteiger partial charge in [0.05, 0.1) is 6.61 Å². The second-order valence-electron chi connectivity index (χ2n) is 5.35. The van der Waals surface area contributed by atoms with Crippen molar-refractivity contribution in [1.29, 1.82) is 0 Å². The van der Waals surface area contributed by atoms with Gasteiger partial charge in [-0.3, -0.25) is 4.79 Å². The van der Waals surface area contributed by atoms with E-state index in [0.29, 0.717) is 11.1 Å². The Morgan fingerprint density at radius 1 is 1.08 bits per heavy atom. The zero-order valence-corrected chi connectivity index (χ0v) is 13.1. The molecule has 0 aromatic heterocycles. The van der Waals surface area contributed by atoms with E-state index >= 15 is 0 Å². The molecule has 1 atom stereocenters. The van der Waals surface area contributed by atoms with Crippen LogP contribution in [0.25, 0.3) is 0 Å². The van der Waals surface area contributed by atoms with Crippen LogP contribution in [0.3, 0.4) is 0 Å². The molecule has 0 saturated heterocycles. The summed E-state index contributed by atoms with van der Waals surface area (Å²) in [6.07, 6.45) is -4.86. The monoisotopic (exact) mass is 337 g/mol. The number of carbonyl (C=O) groups is 1. The van der Waals surface area contributed by atoms with Crippen LogP contribution in [-0.2, 0) is 17.8 Å². The van der Waals surface area contributed by atoms with Gasteiger partial charge in [-0.15, -0.1) is 0 Å². The van der Waals surface area contributed by atoms with E-state index in [2.05, 4.69) is 5.32 Å². The summed E-state index contributed by atoms with van der Waals surface area (Å²) < 4.78 is 44.9. The number of halogens is 3. The average molecular weight is 337 g/mol. The highest BCUT2D eigenvalue weighted by molar-refractivity contribution is 5.95. The lowest BCUT2D eigenvalue weighted by molar-refractivity contribution is -0.153. The lowest BCUT2D eigenvalue weighted by atomic mass is 10.0. The number of hydrogen-bond acceptors (Lipinski definition) is 2. The standard InChI is InChI=1S/C18H18F3NO2/c1-24-12-14-9-5-6-10-15(14)17(23)22-16(18(19,20)21)11-13-7-3-2-4-8-13/h2-10,16H,11-12H2,1H3,(H,22,23). The Kier molecular flexibility index (Phi) is 5.98. The molecular formula is C18H18F3NO2. The van der Waals surface area contributed by atoms with Crippen molar-refractivity contribution in [2.45, 2.75) is 25.2 Å². The molecule has 0 saturated carbocycles. The van der Waals surface area contributed by atoms with Gasteiger partial charge in [0, 0.05) is 19.1 Å². The van der Waals surface area contributed by atoms with Crippen molar-refractivity contribution in [2.75, 3.05) is 7.11 Å². The summed E-state index contributed by atoms with van der Waals surface area (Å²) in [5, 5.41) is 2.10. The van der Waals surface area contributed by atoms with Crippen molar-refractivity contribution < 1.29 is 22.7 Å². The Balaban J connectivity index is 2.19. The smallest absolute Gasteiger partial charge is 0.380 e. The highest BCUT2D eigenvalue weighted by Gasteiger charge is 2.40. The zero-order chi connectivity index (χ0) is 17.6. The zero-order valence-electron chi connectivity index (χ0n) is 13.1. The number of methoxy groups -OCH3 is 1. The third-order valence-corrected chi connectivity index (χ3v) is 3.54. The van der Waals surface area contributed by atoms with E-state index < -0.39 is 18.1 Å². The number of ether oxygens (including phenoxy) is 1. The molecule has 3 nitrogen and oxygen atoms in total. The first-order chi connectivity index (χ1) is 11.4. The largest absolute Gasteiger partial charge is 0.408 e. The second kappa shape index (κ2) is 7.97. The predicted molar refractivity (Wildman–Crippen MR) is 84.6 cm³/mol. The van der Waals surface area contributed by atoms with E-state index in [1.54, 1.807) is 48.5 Å². The van der Waals surface area contributed by atoms with E-state index in [-0.39, 0.29) is 18.6 Å². The Hall–Kier alpha value is -2.34. The minimum atomic E-state index is -4.54.